The largest absolute Gasteiger partial charge is 0.431 e. The van der Waals surface area contributed by atoms with Crippen molar-refractivity contribution >= 4 is 0 Å². The first-order chi connectivity index (χ1) is 6.81. The molecule has 2 aromatic rings. The van der Waals surface area contributed by atoms with E-state index in [0.717, 1.165) is 11.5 Å². The molecule has 0 saturated heterocycles. The Labute approximate surface area is 80.8 Å². The maximum atomic E-state index is 5.44. The molecule has 0 spiro atoms. The summed E-state index contributed by atoms with van der Waals surface area (Å²) in [4.78, 5) is 4.17. The summed E-state index contributed by atoms with van der Waals surface area (Å²) in [6.07, 6.45) is 3.80. The summed E-state index contributed by atoms with van der Waals surface area (Å²) in [5, 5.41) is 7.71. The summed E-state index contributed by atoms with van der Waals surface area (Å²) >= 11 is 0. The number of nitrogens with zero attached hydrogens (tertiary/aromatic N) is 4. The van der Waals surface area contributed by atoms with Crippen molar-refractivity contribution < 1.29 is 4.42 Å². The predicted octanol–water partition coefficient (Wildman–Crippen LogP) is 0.0649. The van der Waals surface area contributed by atoms with Gasteiger partial charge >= 0.3 is 6.01 Å². The van der Waals surface area contributed by atoms with Crippen LogP contribution in [-0.2, 0) is 6.42 Å². The molecule has 0 aliphatic heterocycles. The second kappa shape index (κ2) is 3.59. The lowest BCUT2D eigenvalue weighted by molar-refractivity contribution is 0.520. The van der Waals surface area contributed by atoms with Crippen LogP contribution in [0.2, 0.25) is 0 Å². The molecule has 2 aromatic heterocycles. The van der Waals surface area contributed by atoms with E-state index in [1.54, 1.807) is 17.2 Å². The van der Waals surface area contributed by atoms with Crippen molar-refractivity contribution in [3.63, 3.8) is 0 Å². The molecule has 0 fully saturated rings. The minimum atomic E-state index is 0.482. The Morgan fingerprint density at radius 3 is 3.07 bits per heavy atom. The van der Waals surface area contributed by atoms with Gasteiger partial charge in [-0.3, -0.25) is 0 Å². The van der Waals surface area contributed by atoms with Crippen LogP contribution in [-0.4, -0.2) is 26.3 Å². The summed E-state index contributed by atoms with van der Waals surface area (Å²) in [5.74, 6) is 0.759. The first-order valence-corrected chi connectivity index (χ1v) is 4.32. The lowest BCUT2D eigenvalue weighted by atomic mass is 10.4. The third-order valence-corrected chi connectivity index (χ3v) is 1.80. The molecule has 0 aliphatic rings. The topological polar surface area (TPSA) is 82.8 Å². The van der Waals surface area contributed by atoms with E-state index in [9.17, 15) is 0 Å². The van der Waals surface area contributed by atoms with Crippen LogP contribution in [0, 0.1) is 6.92 Å². The summed E-state index contributed by atoms with van der Waals surface area (Å²) in [6, 6.07) is 0.482. The van der Waals surface area contributed by atoms with Crippen LogP contribution in [0.4, 0.5) is 0 Å². The van der Waals surface area contributed by atoms with Gasteiger partial charge in [0.05, 0.1) is 5.69 Å². The van der Waals surface area contributed by atoms with Crippen molar-refractivity contribution in [1.29, 1.82) is 0 Å². The van der Waals surface area contributed by atoms with Gasteiger partial charge in [-0.25, -0.2) is 4.57 Å². The van der Waals surface area contributed by atoms with Crippen molar-refractivity contribution in [3.05, 3.63) is 24.1 Å². The molecule has 0 atom stereocenters. The average Bonchev–Trinajstić information content (AvgIpc) is 2.74. The van der Waals surface area contributed by atoms with E-state index in [1.165, 1.54) is 0 Å². The molecule has 2 rings (SSSR count). The van der Waals surface area contributed by atoms with Crippen LogP contribution in [0.15, 0.2) is 17.0 Å². The van der Waals surface area contributed by atoms with E-state index < -0.39 is 0 Å². The van der Waals surface area contributed by atoms with Crippen molar-refractivity contribution in [1.82, 2.24) is 19.7 Å². The summed E-state index contributed by atoms with van der Waals surface area (Å²) < 4.78 is 6.92. The van der Waals surface area contributed by atoms with Gasteiger partial charge in [-0.05, 0) is 13.5 Å². The van der Waals surface area contributed by atoms with Gasteiger partial charge in [0.25, 0.3) is 0 Å². The van der Waals surface area contributed by atoms with Crippen molar-refractivity contribution in [2.45, 2.75) is 13.3 Å². The predicted molar refractivity (Wildman–Crippen MR) is 48.9 cm³/mol. The molecule has 0 unspecified atom stereocenters. The summed E-state index contributed by atoms with van der Waals surface area (Å²) in [7, 11) is 0. The zero-order chi connectivity index (χ0) is 9.97. The van der Waals surface area contributed by atoms with Gasteiger partial charge in [0.15, 0.2) is 0 Å². The number of rotatable bonds is 3. The third-order valence-electron chi connectivity index (χ3n) is 1.80. The standard InChI is InChI=1S/C8H11N5O/c1-6-4-14-8(11-6)13-5-10-12-7(13)2-3-9/h4-5H,2-3,9H2,1H3. The molecule has 0 saturated carbocycles. The lowest BCUT2D eigenvalue weighted by Crippen LogP contribution is -2.08. The average molecular weight is 193 g/mol. The second-order valence-electron chi connectivity index (χ2n) is 2.93. The quantitative estimate of drug-likeness (QED) is 0.745. The van der Waals surface area contributed by atoms with E-state index in [-0.39, 0.29) is 0 Å². The van der Waals surface area contributed by atoms with E-state index in [1.807, 2.05) is 6.92 Å². The maximum Gasteiger partial charge on any atom is 0.308 e. The Kier molecular flexibility index (Phi) is 2.28. The first-order valence-electron chi connectivity index (χ1n) is 4.32. The second-order valence-corrected chi connectivity index (χ2v) is 2.93. The van der Waals surface area contributed by atoms with Crippen molar-refractivity contribution in [3.8, 4) is 6.01 Å². The zero-order valence-corrected chi connectivity index (χ0v) is 7.84. The molecule has 2 N–H and O–H groups in total. The highest BCUT2D eigenvalue weighted by atomic mass is 16.4. The zero-order valence-electron chi connectivity index (χ0n) is 7.84. The van der Waals surface area contributed by atoms with Gasteiger partial charge in [0.2, 0.25) is 0 Å². The first kappa shape index (κ1) is 8.89. The van der Waals surface area contributed by atoms with Crippen molar-refractivity contribution in [2.24, 2.45) is 5.73 Å². The molecular formula is C8H11N5O. The Morgan fingerprint density at radius 2 is 2.43 bits per heavy atom. The fraction of sp³-hybridized carbons (Fsp3) is 0.375. The Balaban J connectivity index is 2.36. The molecule has 0 aliphatic carbocycles. The monoisotopic (exact) mass is 193 g/mol. The SMILES string of the molecule is Cc1coc(-n2cnnc2CCN)n1. The van der Waals surface area contributed by atoms with Crippen LogP contribution in [0.3, 0.4) is 0 Å². The van der Waals surface area contributed by atoms with Gasteiger partial charge in [0, 0.05) is 6.42 Å². The minimum Gasteiger partial charge on any atom is -0.431 e. The summed E-state index contributed by atoms with van der Waals surface area (Å²) in [5.41, 5.74) is 6.27. The van der Waals surface area contributed by atoms with Gasteiger partial charge < -0.3 is 10.2 Å². The maximum absolute atomic E-state index is 5.44. The number of nitrogens with two attached hydrogens (primary N) is 1. The number of oxazole rings is 1. The fourth-order valence-electron chi connectivity index (χ4n) is 1.17. The van der Waals surface area contributed by atoms with Gasteiger partial charge in [-0.15, -0.1) is 10.2 Å². The number of aromatic nitrogens is 4. The normalized spacial score (nSPS) is 10.7. The molecular weight excluding hydrogens is 182 g/mol. The Bertz CT molecular complexity index is 419. The lowest BCUT2D eigenvalue weighted by Gasteiger charge is -1.98. The molecule has 0 amide bonds. The van der Waals surface area contributed by atoms with Crippen LogP contribution >= 0.6 is 0 Å². The van der Waals surface area contributed by atoms with Gasteiger partial charge in [0.1, 0.15) is 18.4 Å². The molecule has 0 radical (unpaired) electrons. The Hall–Kier alpha value is -1.69. The highest BCUT2D eigenvalue weighted by Gasteiger charge is 2.09. The van der Waals surface area contributed by atoms with Gasteiger partial charge in [-0.2, -0.15) is 4.98 Å². The number of aryl methyl sites for hydroxylation is 1. The smallest absolute Gasteiger partial charge is 0.308 e. The Morgan fingerprint density at radius 1 is 1.57 bits per heavy atom. The van der Waals surface area contributed by atoms with Gasteiger partial charge in [-0.1, -0.05) is 0 Å². The third kappa shape index (κ3) is 1.51. The highest BCUT2D eigenvalue weighted by molar-refractivity contribution is 5.11. The minimum absolute atomic E-state index is 0.482. The molecule has 2 heterocycles. The molecule has 0 aromatic carbocycles. The van der Waals surface area contributed by atoms with Crippen LogP contribution in [0.5, 0.6) is 0 Å². The molecule has 6 heteroatoms. The van der Waals surface area contributed by atoms with Crippen molar-refractivity contribution in [2.75, 3.05) is 6.54 Å². The van der Waals surface area contributed by atoms with E-state index >= 15 is 0 Å². The molecule has 74 valence electrons. The summed E-state index contributed by atoms with van der Waals surface area (Å²) in [6.45, 7) is 2.39. The number of hydrogen-bond acceptors (Lipinski definition) is 5. The highest BCUT2D eigenvalue weighted by Crippen LogP contribution is 2.08. The molecule has 0 bridgehead atoms. The van der Waals surface area contributed by atoms with E-state index in [4.69, 9.17) is 10.2 Å². The molecule has 14 heavy (non-hydrogen) atoms. The van der Waals surface area contributed by atoms with Crippen LogP contribution < -0.4 is 5.73 Å². The van der Waals surface area contributed by atoms with Crippen LogP contribution in [0.25, 0.3) is 6.01 Å². The molecule has 6 nitrogen and oxygen atoms in total. The fourth-order valence-corrected chi connectivity index (χ4v) is 1.17. The van der Waals surface area contributed by atoms with E-state index in [0.29, 0.717) is 19.0 Å². The number of hydrogen-bond donors (Lipinski definition) is 1. The van der Waals surface area contributed by atoms with E-state index in [2.05, 4.69) is 15.2 Å². The van der Waals surface area contributed by atoms with Crippen LogP contribution in [0.1, 0.15) is 11.5 Å².